The number of nitrogens with two attached hydrogens (primary N) is 1. The lowest BCUT2D eigenvalue weighted by molar-refractivity contribution is -0.147. The molecule has 0 bridgehead atoms. The Morgan fingerprint density at radius 1 is 1.50 bits per heavy atom. The molecule has 1 amide bonds. The van der Waals surface area contributed by atoms with Gasteiger partial charge in [-0.15, -0.1) is 0 Å². The lowest BCUT2D eigenvalue weighted by Gasteiger charge is -2.14. The number of nitrogens with one attached hydrogen (secondary N) is 1. The molecule has 0 atom stereocenters. The van der Waals surface area contributed by atoms with Crippen LogP contribution < -0.4 is 11.3 Å². The van der Waals surface area contributed by atoms with Gasteiger partial charge in [0.15, 0.2) is 0 Å². The van der Waals surface area contributed by atoms with E-state index in [1.54, 1.807) is 6.07 Å². The number of carbonyl (C=O) groups is 1. The van der Waals surface area contributed by atoms with Gasteiger partial charge in [0.1, 0.15) is 0 Å². The zero-order valence-corrected chi connectivity index (χ0v) is 8.51. The molecular weight excluding hydrogens is 258 g/mol. The molecule has 0 aliphatic heterocycles. The smallest absolute Gasteiger partial charge is 0.289 e. The maximum Gasteiger partial charge on any atom is 0.351 e. The van der Waals surface area contributed by atoms with Crippen LogP contribution in [0.2, 0.25) is 0 Å². The van der Waals surface area contributed by atoms with Gasteiger partial charge in [-0.3, -0.25) is 10.2 Å². The van der Waals surface area contributed by atoms with Crippen LogP contribution in [0, 0.1) is 0 Å². The summed E-state index contributed by atoms with van der Waals surface area (Å²) in [6.45, 7) is 0. The molecule has 1 aromatic rings. The summed E-state index contributed by atoms with van der Waals surface area (Å²) in [5.41, 5.74) is 1.01. The topological polar surface area (TPSA) is 55.1 Å². The minimum absolute atomic E-state index is 0.408. The van der Waals surface area contributed by atoms with E-state index in [0.717, 1.165) is 12.1 Å². The molecule has 0 fully saturated rings. The van der Waals surface area contributed by atoms with Gasteiger partial charge in [0.25, 0.3) is 0 Å². The zero-order chi connectivity index (χ0) is 10.8. The number of hydrogen-bond donors (Lipinski definition) is 2. The monoisotopic (exact) mass is 264 g/mol. The fourth-order valence-electron chi connectivity index (χ4n) is 0.906. The predicted octanol–water partition coefficient (Wildman–Crippen LogP) is 1.53. The number of benzene rings is 1. The highest BCUT2D eigenvalue weighted by molar-refractivity contribution is 9.10. The summed E-state index contributed by atoms with van der Waals surface area (Å²) in [5.74, 6) is -0.502. The first-order chi connectivity index (χ1) is 6.48. The molecule has 0 saturated heterocycles. The SMILES string of the molecule is NNC(=O)C(F)(F)c1cccc(Br)c1. The number of rotatable bonds is 2. The molecule has 76 valence electrons. The number of alkyl halides is 2. The average Bonchev–Trinajstić information content (AvgIpc) is 2.16. The zero-order valence-electron chi connectivity index (χ0n) is 6.93. The van der Waals surface area contributed by atoms with E-state index in [0.29, 0.717) is 4.47 Å². The predicted molar refractivity (Wildman–Crippen MR) is 50.4 cm³/mol. The van der Waals surface area contributed by atoms with Crippen LogP contribution in [0.3, 0.4) is 0 Å². The number of halogens is 3. The standard InChI is InChI=1S/C8H7BrF2N2O/c9-6-3-1-2-5(4-6)8(10,11)7(14)13-12/h1-4H,12H2,(H,13,14). The second-order valence-electron chi connectivity index (χ2n) is 2.56. The summed E-state index contributed by atoms with van der Waals surface area (Å²) in [5, 5.41) is 0. The van der Waals surface area contributed by atoms with Crippen molar-refractivity contribution in [3.63, 3.8) is 0 Å². The molecule has 0 aromatic heterocycles. The van der Waals surface area contributed by atoms with E-state index in [4.69, 9.17) is 0 Å². The molecule has 0 unspecified atom stereocenters. The third-order valence-corrected chi connectivity index (χ3v) is 2.10. The van der Waals surface area contributed by atoms with Gasteiger partial charge in [-0.05, 0) is 12.1 Å². The van der Waals surface area contributed by atoms with Crippen LogP contribution in [0.5, 0.6) is 0 Å². The minimum atomic E-state index is -3.61. The normalized spacial score (nSPS) is 11.1. The molecule has 0 aliphatic carbocycles. The summed E-state index contributed by atoms with van der Waals surface area (Å²) < 4.78 is 26.9. The van der Waals surface area contributed by atoms with Crippen molar-refractivity contribution in [3.8, 4) is 0 Å². The Balaban J connectivity index is 3.09. The molecule has 14 heavy (non-hydrogen) atoms. The van der Waals surface area contributed by atoms with E-state index in [1.165, 1.54) is 11.5 Å². The Morgan fingerprint density at radius 3 is 2.64 bits per heavy atom. The number of carbonyl (C=O) groups excluding carboxylic acids is 1. The first-order valence-electron chi connectivity index (χ1n) is 3.63. The fourth-order valence-corrected chi connectivity index (χ4v) is 1.30. The molecule has 1 aromatic carbocycles. The van der Waals surface area contributed by atoms with Crippen molar-refractivity contribution in [1.82, 2.24) is 5.43 Å². The van der Waals surface area contributed by atoms with Crippen LogP contribution >= 0.6 is 15.9 Å². The second kappa shape index (κ2) is 4.02. The Morgan fingerprint density at radius 2 is 2.14 bits per heavy atom. The number of hydrazine groups is 1. The van der Waals surface area contributed by atoms with Gasteiger partial charge in [-0.25, -0.2) is 5.84 Å². The number of amides is 1. The van der Waals surface area contributed by atoms with Crippen molar-refractivity contribution >= 4 is 21.8 Å². The molecule has 3 N–H and O–H groups in total. The van der Waals surface area contributed by atoms with E-state index in [9.17, 15) is 13.6 Å². The van der Waals surface area contributed by atoms with Gasteiger partial charge in [0.05, 0.1) is 0 Å². The van der Waals surface area contributed by atoms with Gasteiger partial charge >= 0.3 is 11.8 Å². The molecule has 0 spiro atoms. The van der Waals surface area contributed by atoms with Gasteiger partial charge in [-0.1, -0.05) is 28.1 Å². The summed E-state index contributed by atoms with van der Waals surface area (Å²) in [4.78, 5) is 10.7. The van der Waals surface area contributed by atoms with E-state index >= 15 is 0 Å². The number of hydrogen-bond acceptors (Lipinski definition) is 2. The van der Waals surface area contributed by atoms with Gasteiger partial charge in [-0.2, -0.15) is 8.78 Å². The van der Waals surface area contributed by atoms with Crippen LogP contribution in [0.4, 0.5) is 8.78 Å². The first-order valence-corrected chi connectivity index (χ1v) is 4.42. The molecule has 0 aliphatic rings. The minimum Gasteiger partial charge on any atom is -0.289 e. The summed E-state index contributed by atoms with van der Waals surface area (Å²) in [6, 6.07) is 5.31. The highest BCUT2D eigenvalue weighted by Gasteiger charge is 2.40. The Hall–Kier alpha value is -1.01. The van der Waals surface area contributed by atoms with E-state index in [2.05, 4.69) is 21.8 Å². The molecule has 0 radical (unpaired) electrons. The molecular formula is C8H7BrF2N2O. The summed E-state index contributed by atoms with van der Waals surface area (Å²) >= 11 is 3.03. The van der Waals surface area contributed by atoms with Crippen LogP contribution in [0.1, 0.15) is 5.56 Å². The third kappa shape index (κ3) is 2.08. The van der Waals surface area contributed by atoms with E-state index < -0.39 is 17.4 Å². The molecule has 6 heteroatoms. The lowest BCUT2D eigenvalue weighted by atomic mass is 10.1. The molecule has 3 nitrogen and oxygen atoms in total. The summed E-state index contributed by atoms with van der Waals surface area (Å²) in [7, 11) is 0. The van der Waals surface area contributed by atoms with Crippen molar-refractivity contribution in [2.24, 2.45) is 5.84 Å². The molecule has 0 saturated carbocycles. The maximum absolute atomic E-state index is 13.2. The maximum atomic E-state index is 13.2. The highest BCUT2D eigenvalue weighted by atomic mass is 79.9. The van der Waals surface area contributed by atoms with Crippen molar-refractivity contribution in [2.45, 2.75) is 5.92 Å². The molecule has 1 rings (SSSR count). The fraction of sp³-hybridized carbons (Fsp3) is 0.125. The van der Waals surface area contributed by atoms with Crippen LogP contribution in [-0.2, 0) is 10.7 Å². The van der Waals surface area contributed by atoms with E-state index in [1.807, 2.05) is 0 Å². The van der Waals surface area contributed by atoms with Gasteiger partial charge in [0.2, 0.25) is 0 Å². The van der Waals surface area contributed by atoms with Crippen molar-refractivity contribution in [3.05, 3.63) is 34.3 Å². The van der Waals surface area contributed by atoms with Crippen molar-refractivity contribution in [1.29, 1.82) is 0 Å². The van der Waals surface area contributed by atoms with Crippen molar-refractivity contribution in [2.75, 3.05) is 0 Å². The highest BCUT2D eigenvalue weighted by Crippen LogP contribution is 2.29. The Kier molecular flexibility index (Phi) is 3.17. The largest absolute Gasteiger partial charge is 0.351 e. The lowest BCUT2D eigenvalue weighted by Crippen LogP contribution is -2.41. The van der Waals surface area contributed by atoms with Crippen LogP contribution in [0.25, 0.3) is 0 Å². The van der Waals surface area contributed by atoms with Crippen LogP contribution in [0.15, 0.2) is 28.7 Å². The van der Waals surface area contributed by atoms with Gasteiger partial charge in [0, 0.05) is 10.0 Å². The third-order valence-electron chi connectivity index (χ3n) is 1.60. The van der Waals surface area contributed by atoms with Crippen LogP contribution in [-0.4, -0.2) is 5.91 Å². The quantitative estimate of drug-likeness (QED) is 0.484. The molecule has 0 heterocycles. The van der Waals surface area contributed by atoms with Crippen molar-refractivity contribution < 1.29 is 13.6 Å². The first kappa shape index (κ1) is 11.1. The van der Waals surface area contributed by atoms with Gasteiger partial charge < -0.3 is 0 Å². The van der Waals surface area contributed by atoms with E-state index in [-0.39, 0.29) is 0 Å². The average molecular weight is 265 g/mol. The summed E-state index contributed by atoms with van der Waals surface area (Å²) in [6.07, 6.45) is 0. The second-order valence-corrected chi connectivity index (χ2v) is 3.47. The Labute approximate surface area is 87.4 Å². The Bertz CT molecular complexity index is 357.